The lowest BCUT2D eigenvalue weighted by atomic mass is 10.1. The first kappa shape index (κ1) is 24.5. The highest BCUT2D eigenvalue weighted by atomic mass is 32.1. The molecule has 0 unspecified atom stereocenters. The highest BCUT2D eigenvalue weighted by Crippen LogP contribution is 2.49. The number of hydrogen-bond donors (Lipinski definition) is 1. The van der Waals surface area contributed by atoms with Crippen molar-refractivity contribution in [1.29, 1.82) is 0 Å². The summed E-state index contributed by atoms with van der Waals surface area (Å²) in [7, 11) is 0. The summed E-state index contributed by atoms with van der Waals surface area (Å²) in [4.78, 5) is 2.23. The number of unbranched alkanes of at least 4 members (excludes halogenated alkanes) is 5. The Balaban J connectivity index is 1.29. The van der Waals surface area contributed by atoms with E-state index in [0.29, 0.717) is 0 Å². The molecule has 6 rings (SSSR count). The predicted molar refractivity (Wildman–Crippen MR) is 171 cm³/mol. The maximum absolute atomic E-state index is 3.71. The topological polar surface area (TPSA) is 12.0 Å². The normalized spacial score (nSPS) is 11.3. The zero-order chi connectivity index (χ0) is 25.2. The largest absolute Gasteiger partial charge is 0.346 e. The molecule has 37 heavy (non-hydrogen) atoms. The Morgan fingerprint density at radius 1 is 0.703 bits per heavy atom. The number of fused-ring (bicyclic) bond motifs is 9. The molecule has 0 saturated carbocycles. The molecule has 0 spiro atoms. The van der Waals surface area contributed by atoms with Gasteiger partial charge in [0.1, 0.15) is 0 Å². The molecular weight excluding hydrogens is 527 g/mol. The van der Waals surface area contributed by atoms with Crippen LogP contribution in [0.5, 0.6) is 0 Å². The minimum atomic E-state index is 0.974. The Labute approximate surface area is 233 Å². The lowest BCUT2D eigenvalue weighted by molar-refractivity contribution is 0.600. The first-order valence-electron chi connectivity index (χ1n) is 12.9. The molecule has 0 saturated heterocycles. The van der Waals surface area contributed by atoms with Crippen molar-refractivity contribution in [1.82, 2.24) is 5.32 Å². The van der Waals surface area contributed by atoms with E-state index in [1.165, 1.54) is 88.3 Å². The third-order valence-electron chi connectivity index (χ3n) is 6.63. The van der Waals surface area contributed by atoms with Gasteiger partial charge >= 0.3 is 0 Å². The summed E-state index contributed by atoms with van der Waals surface area (Å²) in [6, 6.07) is 16.8. The van der Waals surface area contributed by atoms with Gasteiger partial charge in [-0.05, 0) is 42.7 Å². The third-order valence-corrected chi connectivity index (χ3v) is 11.3. The maximum Gasteiger partial charge on any atom is 0.0800 e. The molecule has 5 heteroatoms. The van der Waals surface area contributed by atoms with Crippen molar-refractivity contribution in [3.05, 3.63) is 58.8 Å². The number of nitrogens with one attached hydrogen (secondary N) is 1. The lowest BCUT2D eigenvalue weighted by Crippen LogP contribution is -2.07. The van der Waals surface area contributed by atoms with Crippen molar-refractivity contribution >= 4 is 95.1 Å². The van der Waals surface area contributed by atoms with E-state index in [4.69, 9.17) is 0 Å². The van der Waals surface area contributed by atoms with Crippen molar-refractivity contribution in [3.8, 4) is 23.8 Å². The van der Waals surface area contributed by atoms with Crippen LogP contribution < -0.4 is 5.32 Å². The molecule has 0 amide bonds. The van der Waals surface area contributed by atoms with Gasteiger partial charge < -0.3 is 5.32 Å². The van der Waals surface area contributed by atoms with E-state index in [9.17, 15) is 0 Å². The zero-order valence-corrected chi connectivity index (χ0v) is 24.1. The molecule has 1 N–H and O–H groups in total. The molecule has 0 aliphatic rings. The van der Waals surface area contributed by atoms with Crippen LogP contribution in [0.2, 0.25) is 0 Å². The SMILES string of the molecule is C=CC#Cc1cc2c(ccc3c2sc2c4ccc5sc(C#CNCCCCCCCC)cc5c4sc32)s1. The van der Waals surface area contributed by atoms with Crippen LogP contribution in [0.4, 0.5) is 0 Å². The second-order valence-corrected chi connectivity index (χ2v) is 13.4. The molecule has 4 aromatic heterocycles. The van der Waals surface area contributed by atoms with Gasteiger partial charge in [0.25, 0.3) is 0 Å². The molecule has 2 aromatic carbocycles. The van der Waals surface area contributed by atoms with E-state index in [1.54, 1.807) is 28.7 Å². The first-order valence-corrected chi connectivity index (χ1v) is 16.1. The Morgan fingerprint density at radius 3 is 1.92 bits per heavy atom. The van der Waals surface area contributed by atoms with Gasteiger partial charge in [-0.25, -0.2) is 0 Å². The summed E-state index contributed by atoms with van der Waals surface area (Å²) < 4.78 is 8.16. The molecule has 0 radical (unpaired) electrons. The van der Waals surface area contributed by atoms with E-state index in [2.05, 4.69) is 79.0 Å². The molecule has 184 valence electrons. The minimum absolute atomic E-state index is 0.974. The number of allylic oxidation sites excluding steroid dienone is 1. The van der Waals surface area contributed by atoms with Gasteiger partial charge in [-0.3, -0.25) is 0 Å². The highest BCUT2D eigenvalue weighted by molar-refractivity contribution is 7.38. The van der Waals surface area contributed by atoms with E-state index in [-0.39, 0.29) is 0 Å². The first-order chi connectivity index (χ1) is 18.3. The van der Waals surface area contributed by atoms with Crippen LogP contribution in [0.15, 0.2) is 49.1 Å². The van der Waals surface area contributed by atoms with Crippen LogP contribution in [0.3, 0.4) is 0 Å². The second kappa shape index (κ2) is 10.9. The number of rotatable bonds is 7. The highest BCUT2D eigenvalue weighted by Gasteiger charge is 2.17. The summed E-state index contributed by atoms with van der Waals surface area (Å²) in [6.07, 6.45) is 9.51. The Bertz CT molecular complexity index is 1880. The van der Waals surface area contributed by atoms with Gasteiger partial charge in [0.05, 0.1) is 19.2 Å². The Morgan fingerprint density at radius 2 is 1.30 bits per heavy atom. The number of thiophene rings is 4. The quantitative estimate of drug-likeness (QED) is 0.118. The van der Waals surface area contributed by atoms with Gasteiger partial charge in [0.2, 0.25) is 0 Å². The summed E-state index contributed by atoms with van der Waals surface area (Å²) in [5.74, 6) is 9.54. The molecule has 0 bridgehead atoms. The standard InChI is InChI=1S/C32H27NS4/c1-3-5-7-8-9-10-17-33-18-16-22-20-26-28(35-22)15-13-24-30(26)37-31-23-12-14-27-25(29(23)36-32(24)31)19-21(34-27)11-6-4-2/h4,12-15,19-20,33H,2-3,5,7-10,17H2,1H3. The van der Waals surface area contributed by atoms with Crippen LogP contribution in [0, 0.1) is 23.8 Å². The van der Waals surface area contributed by atoms with Crippen molar-refractivity contribution in [2.45, 2.75) is 45.4 Å². The Hall–Kier alpha value is -2.80. The average molecular weight is 554 g/mol. The zero-order valence-electron chi connectivity index (χ0n) is 20.8. The maximum atomic E-state index is 3.71. The molecule has 0 aliphatic carbocycles. The van der Waals surface area contributed by atoms with Crippen LogP contribution in [0.1, 0.15) is 55.2 Å². The smallest absolute Gasteiger partial charge is 0.0800 e. The van der Waals surface area contributed by atoms with Gasteiger partial charge in [0.15, 0.2) is 0 Å². The van der Waals surface area contributed by atoms with Crippen molar-refractivity contribution in [2.75, 3.05) is 6.54 Å². The predicted octanol–water partition coefficient (Wildman–Crippen LogP) is 10.5. The summed E-state index contributed by atoms with van der Waals surface area (Å²) in [5, 5.41) is 8.69. The van der Waals surface area contributed by atoms with Gasteiger partial charge in [-0.2, -0.15) is 0 Å². The second-order valence-electron chi connectivity index (χ2n) is 9.21. The number of benzene rings is 2. The van der Waals surface area contributed by atoms with Crippen molar-refractivity contribution in [2.24, 2.45) is 0 Å². The van der Waals surface area contributed by atoms with Crippen molar-refractivity contribution < 1.29 is 0 Å². The fourth-order valence-corrected chi connectivity index (χ4v) is 9.66. The summed E-state index contributed by atoms with van der Waals surface area (Å²) >= 11 is 7.40. The van der Waals surface area contributed by atoms with Crippen molar-refractivity contribution in [3.63, 3.8) is 0 Å². The monoisotopic (exact) mass is 553 g/mol. The average Bonchev–Trinajstić information content (AvgIpc) is 3.66. The van der Waals surface area contributed by atoms with E-state index in [1.807, 2.05) is 22.7 Å². The van der Waals surface area contributed by atoms with Crippen LogP contribution in [-0.4, -0.2) is 6.54 Å². The van der Waals surface area contributed by atoms with Crippen LogP contribution in [-0.2, 0) is 0 Å². The molecule has 1 nitrogen and oxygen atoms in total. The van der Waals surface area contributed by atoms with Gasteiger partial charge in [0, 0.05) is 52.9 Å². The van der Waals surface area contributed by atoms with Gasteiger partial charge in [-0.1, -0.05) is 69.6 Å². The number of hydrogen-bond acceptors (Lipinski definition) is 5. The molecule has 0 fully saturated rings. The molecular formula is C32H27NS4. The van der Waals surface area contributed by atoms with E-state index in [0.717, 1.165) is 16.3 Å². The lowest BCUT2D eigenvalue weighted by Gasteiger charge is -1.99. The van der Waals surface area contributed by atoms with E-state index >= 15 is 0 Å². The fraction of sp³-hybridized carbons (Fsp3) is 0.250. The fourth-order valence-electron chi connectivity index (χ4n) is 4.81. The summed E-state index contributed by atoms with van der Waals surface area (Å²) in [6.45, 7) is 6.95. The molecule has 6 aromatic rings. The molecule has 4 heterocycles. The third kappa shape index (κ3) is 4.78. The summed E-state index contributed by atoms with van der Waals surface area (Å²) in [5.41, 5.74) is 0. The van der Waals surface area contributed by atoms with Crippen LogP contribution >= 0.6 is 45.3 Å². The van der Waals surface area contributed by atoms with Gasteiger partial charge in [-0.15, -0.1) is 45.3 Å². The van der Waals surface area contributed by atoms with Crippen LogP contribution in [0.25, 0.3) is 49.7 Å². The van der Waals surface area contributed by atoms with E-state index < -0.39 is 0 Å². The Kier molecular flexibility index (Phi) is 7.23. The molecule has 0 atom stereocenters. The minimum Gasteiger partial charge on any atom is -0.346 e. The molecule has 0 aliphatic heterocycles.